The summed E-state index contributed by atoms with van der Waals surface area (Å²) in [6.07, 6.45) is 4.50. The molecule has 1 aromatic carbocycles. The molecule has 0 aliphatic rings. The molecule has 0 saturated carbocycles. The van der Waals surface area contributed by atoms with Gasteiger partial charge in [0.1, 0.15) is 5.78 Å². The number of unbranched alkanes of at least 4 members (excludes halogenated alkanes) is 1. The minimum Gasteiger partial charge on any atom is -0.300 e. The summed E-state index contributed by atoms with van der Waals surface area (Å²) in [5, 5.41) is 1.62. The summed E-state index contributed by atoms with van der Waals surface area (Å²) in [5.74, 6) is 0.340. The molecule has 3 heteroatoms. The monoisotopic (exact) mass is 320 g/mol. The fourth-order valence-electron chi connectivity index (χ4n) is 2.85. The molecule has 0 aliphatic heterocycles. The Kier molecular flexibility index (Phi) is 8.19. The Labute approximate surface area is 133 Å². The van der Waals surface area contributed by atoms with E-state index in [2.05, 4.69) is 50.0 Å². The largest absolute Gasteiger partial charge is 0.300 e. The van der Waals surface area contributed by atoms with Gasteiger partial charge in [-0.05, 0) is 13.3 Å². The van der Waals surface area contributed by atoms with Crippen LogP contribution >= 0.6 is 0 Å². The molecule has 0 heterocycles. The molecular formula is C18H32OSi2. The number of benzene rings is 1. The Morgan fingerprint density at radius 3 is 2.19 bits per heavy atom. The van der Waals surface area contributed by atoms with Crippen molar-refractivity contribution in [3.05, 3.63) is 30.3 Å². The molecule has 0 aromatic heterocycles. The van der Waals surface area contributed by atoms with Crippen LogP contribution in [-0.2, 0) is 4.79 Å². The summed E-state index contributed by atoms with van der Waals surface area (Å²) in [4.78, 5) is 11.1. The molecule has 1 rings (SSSR count). The van der Waals surface area contributed by atoms with Gasteiger partial charge in [0.2, 0.25) is 0 Å². The van der Waals surface area contributed by atoms with Crippen molar-refractivity contribution >= 4 is 27.8 Å². The number of carbonyl (C=O) groups excluding carboxylic acids is 1. The first kappa shape index (κ1) is 18.4. The summed E-state index contributed by atoms with van der Waals surface area (Å²) in [5.41, 5.74) is 0. The van der Waals surface area contributed by atoms with Gasteiger partial charge in [-0.1, -0.05) is 86.1 Å². The molecule has 0 bridgehead atoms. The van der Waals surface area contributed by atoms with Gasteiger partial charge in [0.25, 0.3) is 0 Å². The van der Waals surface area contributed by atoms with E-state index in [9.17, 15) is 4.79 Å². The maximum absolute atomic E-state index is 11.1. The average molecular weight is 321 g/mol. The zero-order chi connectivity index (χ0) is 15.7. The van der Waals surface area contributed by atoms with E-state index in [1.54, 1.807) is 12.1 Å². The third-order valence-corrected chi connectivity index (χ3v) is 9.47. The van der Waals surface area contributed by atoms with E-state index in [0.29, 0.717) is 5.78 Å². The number of rotatable bonds is 10. The van der Waals surface area contributed by atoms with Gasteiger partial charge in [-0.15, -0.1) is 0 Å². The first-order chi connectivity index (χ1) is 9.88. The highest BCUT2D eigenvalue weighted by Gasteiger charge is 2.17. The lowest BCUT2D eigenvalue weighted by molar-refractivity contribution is -0.117. The third-order valence-electron chi connectivity index (χ3n) is 4.08. The van der Waals surface area contributed by atoms with E-state index in [1.807, 2.05) is 0 Å². The van der Waals surface area contributed by atoms with Crippen LogP contribution < -0.4 is 5.19 Å². The van der Waals surface area contributed by atoms with Crippen molar-refractivity contribution in [1.29, 1.82) is 0 Å². The van der Waals surface area contributed by atoms with Crippen LogP contribution in [0.15, 0.2) is 30.3 Å². The van der Waals surface area contributed by atoms with Crippen molar-refractivity contribution in [1.82, 2.24) is 0 Å². The Balaban J connectivity index is 2.48. The molecule has 0 radical (unpaired) electrons. The SMILES string of the molecule is CC(=O)CCCC[SiH](CCC[Si](C)(C)C)c1ccccc1. The van der Waals surface area contributed by atoms with Crippen molar-refractivity contribution in [2.45, 2.75) is 70.4 Å². The van der Waals surface area contributed by atoms with E-state index in [-0.39, 0.29) is 0 Å². The van der Waals surface area contributed by atoms with Crippen LogP contribution in [0.3, 0.4) is 0 Å². The van der Waals surface area contributed by atoms with Crippen molar-refractivity contribution in [2.24, 2.45) is 0 Å². The van der Waals surface area contributed by atoms with Gasteiger partial charge in [0.05, 0.1) is 8.80 Å². The first-order valence-electron chi connectivity index (χ1n) is 8.43. The molecular weight excluding hydrogens is 288 g/mol. The minimum absolute atomic E-state index is 0.340. The van der Waals surface area contributed by atoms with Crippen LogP contribution in [0, 0.1) is 0 Å². The molecule has 118 valence electrons. The normalized spacial score (nSPS) is 13.1. The van der Waals surface area contributed by atoms with E-state index in [1.165, 1.54) is 31.0 Å². The number of hydrogen-bond donors (Lipinski definition) is 0. The summed E-state index contributed by atoms with van der Waals surface area (Å²) in [7, 11) is -1.73. The molecule has 21 heavy (non-hydrogen) atoms. The summed E-state index contributed by atoms with van der Waals surface area (Å²) in [6.45, 7) is 9.12. The molecule has 0 saturated heterocycles. The predicted octanol–water partition coefficient (Wildman–Crippen LogP) is 4.61. The van der Waals surface area contributed by atoms with Crippen molar-refractivity contribution < 1.29 is 4.79 Å². The van der Waals surface area contributed by atoms with Crippen LogP contribution in [0.2, 0.25) is 37.8 Å². The topological polar surface area (TPSA) is 17.1 Å². The van der Waals surface area contributed by atoms with Gasteiger partial charge in [-0.3, -0.25) is 0 Å². The molecule has 0 fully saturated rings. The smallest absolute Gasteiger partial charge is 0.129 e. The second-order valence-corrected chi connectivity index (χ2v) is 16.3. The van der Waals surface area contributed by atoms with Gasteiger partial charge in [0.15, 0.2) is 0 Å². The fraction of sp³-hybridized carbons (Fsp3) is 0.611. The zero-order valence-electron chi connectivity index (χ0n) is 14.3. The van der Waals surface area contributed by atoms with Crippen LogP contribution in [0.5, 0.6) is 0 Å². The van der Waals surface area contributed by atoms with E-state index < -0.39 is 16.9 Å². The molecule has 1 unspecified atom stereocenters. The van der Waals surface area contributed by atoms with E-state index in [0.717, 1.165) is 12.8 Å². The first-order valence-corrected chi connectivity index (χ1v) is 14.3. The second-order valence-electron chi connectivity index (χ2n) is 7.51. The number of hydrogen-bond acceptors (Lipinski definition) is 1. The van der Waals surface area contributed by atoms with E-state index >= 15 is 0 Å². The fourth-order valence-corrected chi connectivity index (χ4v) is 7.72. The highest BCUT2D eigenvalue weighted by Crippen LogP contribution is 2.17. The standard InChI is InChI=1S/C18H32OSi2/c1-17(19)11-8-9-14-20(15-10-16-21(2,3)4)18-12-6-5-7-13-18/h5-7,12-13,20H,8-11,14-16H2,1-4H3. The summed E-state index contributed by atoms with van der Waals surface area (Å²) < 4.78 is 0. The Morgan fingerprint density at radius 1 is 1.00 bits per heavy atom. The van der Waals surface area contributed by atoms with Crippen molar-refractivity contribution in [2.75, 3.05) is 0 Å². The average Bonchev–Trinajstić information content (AvgIpc) is 2.41. The minimum atomic E-state index is -0.900. The van der Waals surface area contributed by atoms with E-state index in [4.69, 9.17) is 0 Å². The Morgan fingerprint density at radius 2 is 1.62 bits per heavy atom. The molecule has 1 aromatic rings. The number of Topliss-reactive ketones (excluding diaryl/α,β-unsaturated/α-hetero) is 1. The molecule has 0 spiro atoms. The lowest BCUT2D eigenvalue weighted by Gasteiger charge is -2.19. The predicted molar refractivity (Wildman–Crippen MR) is 100 cm³/mol. The lowest BCUT2D eigenvalue weighted by atomic mass is 10.2. The Hall–Kier alpha value is -0.676. The summed E-state index contributed by atoms with van der Waals surface area (Å²) in [6, 6.07) is 15.4. The third kappa shape index (κ3) is 9.04. The molecule has 1 atom stereocenters. The molecule has 0 amide bonds. The number of ketones is 1. The van der Waals surface area contributed by atoms with Gasteiger partial charge in [-0.2, -0.15) is 0 Å². The van der Waals surface area contributed by atoms with Crippen LogP contribution in [-0.4, -0.2) is 22.7 Å². The van der Waals surface area contributed by atoms with Gasteiger partial charge in [-0.25, -0.2) is 0 Å². The van der Waals surface area contributed by atoms with Crippen LogP contribution in [0.25, 0.3) is 0 Å². The quantitative estimate of drug-likeness (QED) is 0.454. The molecule has 1 nitrogen and oxygen atoms in total. The summed E-state index contributed by atoms with van der Waals surface area (Å²) >= 11 is 0. The van der Waals surface area contributed by atoms with Crippen molar-refractivity contribution in [3.63, 3.8) is 0 Å². The lowest BCUT2D eigenvalue weighted by Crippen LogP contribution is -2.30. The molecule has 0 N–H and O–H groups in total. The Bertz CT molecular complexity index is 409. The highest BCUT2D eigenvalue weighted by molar-refractivity contribution is 6.76. The van der Waals surface area contributed by atoms with Crippen molar-refractivity contribution in [3.8, 4) is 0 Å². The van der Waals surface area contributed by atoms with Gasteiger partial charge < -0.3 is 4.79 Å². The number of carbonyl (C=O) groups is 1. The maximum Gasteiger partial charge on any atom is 0.129 e. The molecule has 0 aliphatic carbocycles. The zero-order valence-corrected chi connectivity index (χ0v) is 16.5. The van der Waals surface area contributed by atoms with Gasteiger partial charge in [0, 0.05) is 14.5 Å². The highest BCUT2D eigenvalue weighted by atomic mass is 28.3. The van der Waals surface area contributed by atoms with Gasteiger partial charge >= 0.3 is 0 Å². The van der Waals surface area contributed by atoms with Crippen LogP contribution in [0.1, 0.15) is 32.6 Å². The maximum atomic E-state index is 11.1. The second kappa shape index (κ2) is 9.36. The van der Waals surface area contributed by atoms with Crippen LogP contribution in [0.4, 0.5) is 0 Å².